The molecule has 0 aromatic heterocycles. The zero-order chi connectivity index (χ0) is 18.9. The summed E-state index contributed by atoms with van der Waals surface area (Å²) >= 11 is 5.15. The van der Waals surface area contributed by atoms with Crippen LogP contribution in [0.15, 0.2) is 34.3 Å². The van der Waals surface area contributed by atoms with E-state index in [2.05, 4.69) is 20.6 Å². The molecule has 0 saturated heterocycles. The monoisotopic (exact) mass is 386 g/mol. The van der Waals surface area contributed by atoms with Crippen molar-refractivity contribution in [3.05, 3.63) is 29.8 Å². The van der Waals surface area contributed by atoms with Gasteiger partial charge in [-0.3, -0.25) is 5.43 Å². The number of nitrogens with zero attached hydrogens (tertiary/aromatic N) is 1. The van der Waals surface area contributed by atoms with Crippen molar-refractivity contribution in [2.45, 2.75) is 38.1 Å². The van der Waals surface area contributed by atoms with Gasteiger partial charge in [0.1, 0.15) is 0 Å². The highest BCUT2D eigenvalue weighted by Gasteiger charge is 2.12. The Morgan fingerprint density at radius 1 is 1.32 bits per heavy atom. The van der Waals surface area contributed by atoms with Gasteiger partial charge >= 0.3 is 0 Å². The van der Waals surface area contributed by atoms with E-state index >= 15 is 0 Å². The van der Waals surface area contributed by atoms with Gasteiger partial charge in [-0.25, -0.2) is 13.1 Å². The molecule has 0 unspecified atom stereocenters. The Bertz CT molecular complexity index is 688. The van der Waals surface area contributed by atoms with Crippen LogP contribution >= 0.6 is 12.2 Å². The van der Waals surface area contributed by atoms with E-state index in [-0.39, 0.29) is 10.9 Å². The molecule has 0 fully saturated rings. The van der Waals surface area contributed by atoms with Crippen LogP contribution in [0.2, 0.25) is 0 Å². The minimum Gasteiger partial charge on any atom is -0.383 e. The predicted octanol–water partition coefficient (Wildman–Crippen LogP) is 1.60. The van der Waals surface area contributed by atoms with Crippen LogP contribution < -0.4 is 15.5 Å². The molecule has 1 atom stereocenters. The Hall–Kier alpha value is -1.55. The number of nitrogens with one attached hydrogen (secondary N) is 3. The van der Waals surface area contributed by atoms with E-state index in [9.17, 15) is 8.42 Å². The van der Waals surface area contributed by atoms with Crippen molar-refractivity contribution < 1.29 is 13.2 Å². The molecule has 1 aromatic rings. The normalized spacial score (nSPS) is 13.4. The van der Waals surface area contributed by atoms with Crippen molar-refractivity contribution >= 4 is 33.1 Å². The molecular formula is C16H26N4O3S2. The number of methoxy groups -OCH3 is 1. The molecule has 0 saturated carbocycles. The number of hydrogen-bond donors (Lipinski definition) is 3. The van der Waals surface area contributed by atoms with Crippen LogP contribution in [0.4, 0.5) is 0 Å². The Morgan fingerprint density at radius 2 is 1.96 bits per heavy atom. The predicted molar refractivity (Wildman–Crippen MR) is 104 cm³/mol. The van der Waals surface area contributed by atoms with Gasteiger partial charge in [0.05, 0.1) is 17.2 Å². The van der Waals surface area contributed by atoms with Gasteiger partial charge in [-0.15, -0.1) is 0 Å². The van der Waals surface area contributed by atoms with E-state index in [0.29, 0.717) is 24.0 Å². The maximum Gasteiger partial charge on any atom is 0.240 e. The largest absolute Gasteiger partial charge is 0.383 e. The molecule has 140 valence electrons. The topological polar surface area (TPSA) is 91.8 Å². The fraction of sp³-hybridized carbons (Fsp3) is 0.500. The van der Waals surface area contributed by atoms with Crippen molar-refractivity contribution in [2.75, 3.05) is 20.3 Å². The molecule has 0 amide bonds. The first kappa shape index (κ1) is 21.5. The summed E-state index contributed by atoms with van der Waals surface area (Å²) in [5.74, 6) is 0. The van der Waals surface area contributed by atoms with E-state index in [1.165, 1.54) is 0 Å². The minimum absolute atomic E-state index is 0.0700. The smallest absolute Gasteiger partial charge is 0.240 e. The summed E-state index contributed by atoms with van der Waals surface area (Å²) in [5, 5.41) is 7.64. The Labute approximate surface area is 155 Å². The lowest BCUT2D eigenvalue weighted by Gasteiger charge is -2.14. The second-order valence-electron chi connectivity index (χ2n) is 5.56. The summed E-state index contributed by atoms with van der Waals surface area (Å²) in [6.07, 6.45) is 0.742. The summed E-state index contributed by atoms with van der Waals surface area (Å²) in [6.45, 7) is 6.62. The molecule has 9 heteroatoms. The van der Waals surface area contributed by atoms with E-state index in [1.807, 2.05) is 20.8 Å². The highest BCUT2D eigenvalue weighted by molar-refractivity contribution is 7.89. The number of hydrazone groups is 1. The van der Waals surface area contributed by atoms with Crippen LogP contribution in [-0.4, -0.2) is 45.5 Å². The van der Waals surface area contributed by atoms with E-state index < -0.39 is 10.0 Å². The second kappa shape index (κ2) is 10.4. The second-order valence-corrected chi connectivity index (χ2v) is 7.74. The van der Waals surface area contributed by atoms with Gasteiger partial charge in [-0.1, -0.05) is 19.1 Å². The molecule has 0 bridgehead atoms. The molecule has 1 aromatic carbocycles. The Morgan fingerprint density at radius 3 is 2.52 bits per heavy atom. The fourth-order valence-electron chi connectivity index (χ4n) is 1.94. The third-order valence-electron chi connectivity index (χ3n) is 3.24. The average molecular weight is 387 g/mol. The van der Waals surface area contributed by atoms with Crippen LogP contribution in [0, 0.1) is 0 Å². The third kappa shape index (κ3) is 7.47. The molecule has 1 rings (SSSR count). The number of thiocarbonyl (C=S) groups is 1. The highest BCUT2D eigenvalue weighted by atomic mass is 32.2. The minimum atomic E-state index is -3.46. The van der Waals surface area contributed by atoms with Crippen LogP contribution in [0.3, 0.4) is 0 Å². The van der Waals surface area contributed by atoms with Gasteiger partial charge < -0.3 is 10.1 Å². The van der Waals surface area contributed by atoms with Crippen LogP contribution in [0.5, 0.6) is 0 Å². The quantitative estimate of drug-likeness (QED) is 0.339. The van der Waals surface area contributed by atoms with Gasteiger partial charge in [0.25, 0.3) is 0 Å². The summed E-state index contributed by atoms with van der Waals surface area (Å²) in [4.78, 5) is 0.232. The zero-order valence-corrected chi connectivity index (χ0v) is 16.6. The third-order valence-corrected chi connectivity index (χ3v) is 4.93. The number of benzene rings is 1. The standard InChI is InChI=1S/C16H26N4O3S2/c1-5-10-17-25(21,22)15-8-6-14(7-9-15)13(3)19-20-16(24)18-12(2)11-23-4/h6-9,12,17H,5,10-11H2,1-4H3,(H2,18,20,24)/b19-13-/t12-/m0/s1. The van der Waals surface area contributed by atoms with Gasteiger partial charge in [-0.2, -0.15) is 5.10 Å². The summed E-state index contributed by atoms with van der Waals surface area (Å²) in [6, 6.07) is 6.61. The summed E-state index contributed by atoms with van der Waals surface area (Å²) in [7, 11) is -1.83. The molecule has 0 aliphatic rings. The van der Waals surface area contributed by atoms with Crippen LogP contribution in [-0.2, 0) is 14.8 Å². The lowest BCUT2D eigenvalue weighted by molar-refractivity contribution is 0.179. The SMILES string of the molecule is CCCNS(=O)(=O)c1ccc(/C(C)=N\NC(=S)N[C@@H](C)COC)cc1. The molecule has 0 heterocycles. The lowest BCUT2D eigenvalue weighted by atomic mass is 10.1. The number of hydrogen-bond acceptors (Lipinski definition) is 5. The molecule has 0 radical (unpaired) electrons. The first-order valence-electron chi connectivity index (χ1n) is 8.00. The molecule has 0 aliphatic carbocycles. The maximum absolute atomic E-state index is 12.1. The van der Waals surface area contributed by atoms with Crippen molar-refractivity contribution in [3.8, 4) is 0 Å². The van der Waals surface area contributed by atoms with Gasteiger partial charge in [0.15, 0.2) is 5.11 Å². The van der Waals surface area contributed by atoms with Crippen molar-refractivity contribution in [2.24, 2.45) is 5.10 Å². The number of sulfonamides is 1. The van der Waals surface area contributed by atoms with Gasteiger partial charge in [0, 0.05) is 19.7 Å². The summed E-state index contributed by atoms with van der Waals surface area (Å²) in [5.41, 5.74) is 4.25. The molecule has 3 N–H and O–H groups in total. The van der Waals surface area contributed by atoms with E-state index in [4.69, 9.17) is 17.0 Å². The van der Waals surface area contributed by atoms with Crippen molar-refractivity contribution in [1.82, 2.24) is 15.5 Å². The number of rotatable bonds is 9. The first-order chi connectivity index (χ1) is 11.8. The maximum atomic E-state index is 12.1. The highest BCUT2D eigenvalue weighted by Crippen LogP contribution is 2.11. The summed E-state index contributed by atoms with van der Waals surface area (Å²) < 4.78 is 31.7. The van der Waals surface area contributed by atoms with Crippen LogP contribution in [0.1, 0.15) is 32.8 Å². The van der Waals surface area contributed by atoms with Gasteiger partial charge in [-0.05, 0) is 50.2 Å². The van der Waals surface area contributed by atoms with Crippen molar-refractivity contribution in [3.63, 3.8) is 0 Å². The van der Waals surface area contributed by atoms with E-state index in [0.717, 1.165) is 12.0 Å². The average Bonchev–Trinajstić information content (AvgIpc) is 2.58. The first-order valence-corrected chi connectivity index (χ1v) is 9.89. The van der Waals surface area contributed by atoms with Gasteiger partial charge in [0.2, 0.25) is 10.0 Å². The Kier molecular flexibility index (Phi) is 8.98. The fourth-order valence-corrected chi connectivity index (χ4v) is 3.32. The molecule has 0 spiro atoms. The van der Waals surface area contributed by atoms with Crippen LogP contribution in [0.25, 0.3) is 0 Å². The number of ether oxygens (including phenoxy) is 1. The van der Waals surface area contributed by atoms with E-state index in [1.54, 1.807) is 31.4 Å². The molecule has 0 aliphatic heterocycles. The Balaban J connectivity index is 2.70. The molecular weight excluding hydrogens is 360 g/mol. The lowest BCUT2D eigenvalue weighted by Crippen LogP contribution is -2.40. The zero-order valence-electron chi connectivity index (χ0n) is 15.0. The van der Waals surface area contributed by atoms with Crippen molar-refractivity contribution in [1.29, 1.82) is 0 Å². The molecule has 7 nitrogen and oxygen atoms in total. The molecule has 25 heavy (non-hydrogen) atoms.